The highest BCUT2D eigenvalue weighted by Crippen LogP contribution is 2.34. The van der Waals surface area contributed by atoms with Crippen molar-refractivity contribution in [3.63, 3.8) is 0 Å². The van der Waals surface area contributed by atoms with Crippen molar-refractivity contribution < 1.29 is 4.74 Å². The van der Waals surface area contributed by atoms with Crippen LogP contribution in [0.15, 0.2) is 12.4 Å². The van der Waals surface area contributed by atoms with Crippen LogP contribution in [0.1, 0.15) is 41.3 Å². The Balaban J connectivity index is 1.92. The maximum atomic E-state index is 9.46. The summed E-state index contributed by atoms with van der Waals surface area (Å²) in [5.41, 5.74) is 3.66. The van der Waals surface area contributed by atoms with E-state index in [-0.39, 0.29) is 6.04 Å². The summed E-state index contributed by atoms with van der Waals surface area (Å²) in [7, 11) is 1.69. The zero-order chi connectivity index (χ0) is 17.1. The van der Waals surface area contributed by atoms with Crippen molar-refractivity contribution in [3.8, 4) is 6.07 Å². The quantitative estimate of drug-likeness (QED) is 0.900. The highest BCUT2D eigenvalue weighted by atomic mass is 35.5. The van der Waals surface area contributed by atoms with Gasteiger partial charge in [0.1, 0.15) is 11.9 Å². The van der Waals surface area contributed by atoms with Crippen LogP contribution in [-0.2, 0) is 17.7 Å². The number of anilines is 1. The summed E-state index contributed by atoms with van der Waals surface area (Å²) in [6.45, 7) is 3.16. The lowest BCUT2D eigenvalue weighted by molar-refractivity contribution is 0.182. The molecule has 1 aliphatic carbocycles. The first-order valence-corrected chi connectivity index (χ1v) is 8.38. The highest BCUT2D eigenvalue weighted by molar-refractivity contribution is 6.31. The van der Waals surface area contributed by atoms with Gasteiger partial charge in [0, 0.05) is 13.3 Å². The number of aryl methyl sites for hydroxylation is 1. The molecule has 2 aromatic rings. The van der Waals surface area contributed by atoms with E-state index in [0.717, 1.165) is 30.5 Å². The standard InChI is InChI=1S/C17H20ClN5O/c1-11-13(8-19)17(20-10-14(11)18)22-15-5-3-4-12-9-21-23(16(12)15)6-7-24-2/h9-10,15H,3-7H2,1-2H3,(H,20,22). The summed E-state index contributed by atoms with van der Waals surface area (Å²) in [6, 6.07) is 2.29. The normalized spacial score (nSPS) is 16.5. The number of hydrogen-bond donors (Lipinski definition) is 1. The van der Waals surface area contributed by atoms with E-state index in [2.05, 4.69) is 21.5 Å². The number of hydrogen-bond acceptors (Lipinski definition) is 5. The van der Waals surface area contributed by atoms with Crippen molar-refractivity contribution >= 4 is 17.4 Å². The number of nitriles is 1. The average Bonchev–Trinajstić information content (AvgIpc) is 3.01. The first kappa shape index (κ1) is 16.7. The molecule has 0 aromatic carbocycles. The number of halogens is 1. The Labute approximate surface area is 146 Å². The first-order chi connectivity index (χ1) is 11.7. The van der Waals surface area contributed by atoms with Crippen molar-refractivity contribution in [1.29, 1.82) is 5.26 Å². The Morgan fingerprint density at radius 3 is 3.08 bits per heavy atom. The topological polar surface area (TPSA) is 75.8 Å². The third-order valence-electron chi connectivity index (χ3n) is 4.44. The van der Waals surface area contributed by atoms with E-state index in [1.165, 1.54) is 5.56 Å². The minimum absolute atomic E-state index is 0.0771. The lowest BCUT2D eigenvalue weighted by Crippen LogP contribution is -2.23. The summed E-state index contributed by atoms with van der Waals surface area (Å²) in [5.74, 6) is 0.580. The third-order valence-corrected chi connectivity index (χ3v) is 4.82. The van der Waals surface area contributed by atoms with E-state index < -0.39 is 0 Å². The lowest BCUT2D eigenvalue weighted by Gasteiger charge is -2.26. The van der Waals surface area contributed by atoms with Gasteiger partial charge >= 0.3 is 0 Å². The fourth-order valence-electron chi connectivity index (χ4n) is 3.15. The van der Waals surface area contributed by atoms with E-state index in [0.29, 0.717) is 29.6 Å². The molecule has 7 heteroatoms. The van der Waals surface area contributed by atoms with E-state index in [4.69, 9.17) is 16.3 Å². The Bertz CT molecular complexity index is 780. The van der Waals surface area contributed by atoms with E-state index in [1.54, 1.807) is 13.3 Å². The number of pyridine rings is 1. The van der Waals surface area contributed by atoms with Gasteiger partial charge in [-0.1, -0.05) is 11.6 Å². The molecule has 0 saturated heterocycles. The predicted molar refractivity (Wildman–Crippen MR) is 92.1 cm³/mol. The Morgan fingerprint density at radius 1 is 1.50 bits per heavy atom. The molecule has 0 spiro atoms. The van der Waals surface area contributed by atoms with Gasteiger partial charge in [0.2, 0.25) is 0 Å². The summed E-state index contributed by atoms with van der Waals surface area (Å²) in [6.07, 6.45) is 6.60. The van der Waals surface area contributed by atoms with Gasteiger partial charge in [-0.15, -0.1) is 0 Å². The number of methoxy groups -OCH3 is 1. The summed E-state index contributed by atoms with van der Waals surface area (Å²) < 4.78 is 7.16. The zero-order valence-electron chi connectivity index (χ0n) is 13.8. The summed E-state index contributed by atoms with van der Waals surface area (Å²) >= 11 is 6.08. The zero-order valence-corrected chi connectivity index (χ0v) is 14.6. The van der Waals surface area contributed by atoms with Crippen LogP contribution in [0.25, 0.3) is 0 Å². The van der Waals surface area contributed by atoms with Crippen molar-refractivity contribution in [2.45, 2.75) is 38.8 Å². The molecule has 0 radical (unpaired) electrons. The van der Waals surface area contributed by atoms with Gasteiger partial charge in [-0.25, -0.2) is 4.98 Å². The Morgan fingerprint density at radius 2 is 2.33 bits per heavy atom. The van der Waals surface area contributed by atoms with Gasteiger partial charge in [-0.3, -0.25) is 4.68 Å². The molecule has 1 N–H and O–H groups in total. The minimum atomic E-state index is 0.0771. The van der Waals surface area contributed by atoms with Gasteiger partial charge in [0.25, 0.3) is 0 Å². The highest BCUT2D eigenvalue weighted by Gasteiger charge is 2.26. The number of fused-ring (bicyclic) bond motifs is 1. The number of nitrogens with zero attached hydrogens (tertiary/aromatic N) is 4. The molecule has 3 rings (SSSR count). The van der Waals surface area contributed by atoms with Crippen LogP contribution in [0.2, 0.25) is 5.02 Å². The molecule has 0 amide bonds. The number of ether oxygens (including phenoxy) is 1. The van der Waals surface area contributed by atoms with Crippen molar-refractivity contribution in [3.05, 3.63) is 39.8 Å². The van der Waals surface area contributed by atoms with Crippen LogP contribution in [0.3, 0.4) is 0 Å². The predicted octanol–water partition coefficient (Wildman–Crippen LogP) is 3.25. The Hall–Kier alpha value is -2.10. The van der Waals surface area contributed by atoms with Gasteiger partial charge in [0.15, 0.2) is 0 Å². The van der Waals surface area contributed by atoms with Crippen LogP contribution in [0, 0.1) is 18.3 Å². The van der Waals surface area contributed by atoms with Crippen LogP contribution < -0.4 is 5.32 Å². The second-order valence-corrected chi connectivity index (χ2v) is 6.33. The second-order valence-electron chi connectivity index (χ2n) is 5.93. The molecule has 0 aliphatic heterocycles. The SMILES string of the molecule is COCCn1ncc2c1C(Nc1ncc(Cl)c(C)c1C#N)CCC2. The van der Waals surface area contributed by atoms with Gasteiger partial charge < -0.3 is 10.1 Å². The average molecular weight is 346 g/mol. The molecule has 2 aromatic heterocycles. The molecule has 1 unspecified atom stereocenters. The maximum absolute atomic E-state index is 9.46. The number of rotatable bonds is 5. The molecule has 1 aliphatic rings. The van der Waals surface area contributed by atoms with Crippen molar-refractivity contribution in [1.82, 2.24) is 14.8 Å². The van der Waals surface area contributed by atoms with E-state index in [1.807, 2.05) is 17.8 Å². The summed E-state index contributed by atoms with van der Waals surface area (Å²) in [5, 5.41) is 17.9. The molecule has 126 valence electrons. The van der Waals surface area contributed by atoms with Crippen LogP contribution in [0.4, 0.5) is 5.82 Å². The monoisotopic (exact) mass is 345 g/mol. The van der Waals surface area contributed by atoms with Gasteiger partial charge in [0.05, 0.1) is 41.7 Å². The molecule has 6 nitrogen and oxygen atoms in total. The van der Waals surface area contributed by atoms with Crippen molar-refractivity contribution in [2.75, 3.05) is 19.0 Å². The first-order valence-electron chi connectivity index (χ1n) is 8.01. The van der Waals surface area contributed by atoms with Crippen LogP contribution in [0.5, 0.6) is 0 Å². The molecule has 0 fully saturated rings. The summed E-state index contributed by atoms with van der Waals surface area (Å²) in [4.78, 5) is 4.33. The van der Waals surface area contributed by atoms with Crippen LogP contribution >= 0.6 is 11.6 Å². The van der Waals surface area contributed by atoms with Crippen molar-refractivity contribution in [2.24, 2.45) is 0 Å². The molecular weight excluding hydrogens is 326 g/mol. The fraction of sp³-hybridized carbons (Fsp3) is 0.471. The lowest BCUT2D eigenvalue weighted by atomic mass is 9.93. The molecule has 0 bridgehead atoms. The van der Waals surface area contributed by atoms with Gasteiger partial charge in [-0.05, 0) is 37.3 Å². The second kappa shape index (κ2) is 7.20. The smallest absolute Gasteiger partial charge is 0.144 e. The maximum Gasteiger partial charge on any atom is 0.144 e. The van der Waals surface area contributed by atoms with Crippen LogP contribution in [-0.4, -0.2) is 28.5 Å². The molecular formula is C17H20ClN5O. The molecule has 2 heterocycles. The van der Waals surface area contributed by atoms with Gasteiger partial charge in [-0.2, -0.15) is 10.4 Å². The number of nitrogens with one attached hydrogen (secondary N) is 1. The largest absolute Gasteiger partial charge is 0.383 e. The fourth-order valence-corrected chi connectivity index (χ4v) is 3.29. The Kier molecular flexibility index (Phi) is 5.03. The van der Waals surface area contributed by atoms with E-state index in [9.17, 15) is 5.26 Å². The minimum Gasteiger partial charge on any atom is -0.383 e. The molecule has 0 saturated carbocycles. The molecule has 24 heavy (non-hydrogen) atoms. The number of aromatic nitrogens is 3. The third kappa shape index (κ3) is 3.10. The molecule has 1 atom stereocenters. The van der Waals surface area contributed by atoms with E-state index >= 15 is 0 Å².